The molecule has 22 heavy (non-hydrogen) atoms. The number of furan rings is 1. The average Bonchev–Trinajstić information content (AvgIpc) is 2.99. The van der Waals surface area contributed by atoms with Crippen molar-refractivity contribution in [2.24, 2.45) is 5.92 Å². The summed E-state index contributed by atoms with van der Waals surface area (Å²) in [6.45, 7) is 3.79. The number of anilines is 1. The van der Waals surface area contributed by atoms with E-state index in [-0.39, 0.29) is 5.91 Å². The van der Waals surface area contributed by atoms with Gasteiger partial charge in [0.05, 0.1) is 0 Å². The third-order valence-corrected chi connectivity index (χ3v) is 4.76. The van der Waals surface area contributed by atoms with Crippen molar-refractivity contribution >= 4 is 27.5 Å². The Morgan fingerprint density at radius 1 is 1.36 bits per heavy atom. The minimum absolute atomic E-state index is 0.0251. The van der Waals surface area contributed by atoms with Gasteiger partial charge >= 0.3 is 0 Å². The number of hydrogen-bond acceptors (Lipinski definition) is 3. The molecule has 0 aliphatic carbocycles. The summed E-state index contributed by atoms with van der Waals surface area (Å²) < 4.78 is 6.60. The molecule has 0 saturated carbocycles. The minimum atomic E-state index is -0.0251. The number of rotatable bonds is 2. The molecule has 2 heterocycles. The molecule has 0 spiro atoms. The zero-order chi connectivity index (χ0) is 15.7. The number of halogens is 1. The highest BCUT2D eigenvalue weighted by Gasteiger charge is 2.24. The van der Waals surface area contributed by atoms with Crippen molar-refractivity contribution in [1.29, 1.82) is 0 Å². The van der Waals surface area contributed by atoms with Crippen LogP contribution in [-0.2, 0) is 0 Å². The monoisotopic (exact) mass is 362 g/mol. The summed E-state index contributed by atoms with van der Waals surface area (Å²) in [6, 6.07) is 9.19. The lowest BCUT2D eigenvalue weighted by molar-refractivity contribution is 0.0652. The van der Waals surface area contributed by atoms with Gasteiger partial charge in [0.15, 0.2) is 5.76 Å². The Kier molecular flexibility index (Phi) is 4.25. The molecule has 1 aromatic heterocycles. The maximum Gasteiger partial charge on any atom is 0.289 e. The van der Waals surface area contributed by atoms with Crippen LogP contribution in [0.15, 0.2) is 39.2 Å². The molecular formula is C17H19BrN2O2. The van der Waals surface area contributed by atoms with Crippen LogP contribution in [0.4, 0.5) is 5.69 Å². The Bertz CT molecular complexity index is 696. The molecule has 2 aromatic rings. The molecule has 116 valence electrons. The molecule has 1 aliphatic heterocycles. The fraction of sp³-hybridized carbons (Fsp3) is 0.353. The van der Waals surface area contributed by atoms with E-state index in [0.717, 1.165) is 29.5 Å². The van der Waals surface area contributed by atoms with Crippen LogP contribution in [0.25, 0.3) is 11.3 Å². The molecular weight excluding hydrogens is 344 g/mol. The van der Waals surface area contributed by atoms with Gasteiger partial charge < -0.3 is 15.1 Å². The lowest BCUT2D eigenvalue weighted by atomic mass is 10.0. The molecule has 1 aromatic carbocycles. The normalized spacial score (nSPS) is 18.5. The third kappa shape index (κ3) is 3.04. The van der Waals surface area contributed by atoms with E-state index in [1.807, 2.05) is 29.2 Å². The largest absolute Gasteiger partial charge is 0.451 e. The molecule has 1 atom stereocenters. The molecule has 1 saturated heterocycles. The van der Waals surface area contributed by atoms with Crippen molar-refractivity contribution in [2.75, 3.05) is 18.8 Å². The lowest BCUT2D eigenvalue weighted by Crippen LogP contribution is -2.38. The second-order valence-corrected chi connectivity index (χ2v) is 6.75. The minimum Gasteiger partial charge on any atom is -0.451 e. The molecule has 0 radical (unpaired) electrons. The van der Waals surface area contributed by atoms with E-state index in [4.69, 9.17) is 10.2 Å². The number of nitrogen functional groups attached to an aromatic ring is 1. The summed E-state index contributed by atoms with van der Waals surface area (Å²) in [5.74, 6) is 1.58. The topological polar surface area (TPSA) is 59.5 Å². The van der Waals surface area contributed by atoms with Gasteiger partial charge in [-0.25, -0.2) is 0 Å². The summed E-state index contributed by atoms with van der Waals surface area (Å²) in [6.07, 6.45) is 2.25. The number of benzene rings is 1. The highest BCUT2D eigenvalue weighted by Crippen LogP contribution is 2.29. The molecule has 1 aliphatic rings. The smallest absolute Gasteiger partial charge is 0.289 e. The van der Waals surface area contributed by atoms with Crippen molar-refractivity contribution in [1.82, 2.24) is 4.90 Å². The first-order valence-corrected chi connectivity index (χ1v) is 8.28. The van der Waals surface area contributed by atoms with E-state index < -0.39 is 0 Å². The Morgan fingerprint density at radius 3 is 2.91 bits per heavy atom. The van der Waals surface area contributed by atoms with Gasteiger partial charge in [-0.15, -0.1) is 0 Å². The van der Waals surface area contributed by atoms with Crippen molar-refractivity contribution in [3.05, 3.63) is 40.6 Å². The summed E-state index contributed by atoms with van der Waals surface area (Å²) in [4.78, 5) is 14.4. The molecule has 2 N–H and O–H groups in total. The quantitative estimate of drug-likeness (QED) is 0.815. The number of nitrogens with zero attached hydrogens (tertiary/aromatic N) is 1. The highest BCUT2D eigenvalue weighted by molar-refractivity contribution is 9.10. The van der Waals surface area contributed by atoms with Crippen molar-refractivity contribution in [3.8, 4) is 11.3 Å². The number of carbonyl (C=O) groups is 1. The van der Waals surface area contributed by atoms with E-state index in [1.54, 1.807) is 6.07 Å². The van der Waals surface area contributed by atoms with E-state index in [0.29, 0.717) is 23.1 Å². The molecule has 1 fully saturated rings. The Labute approximate surface area is 138 Å². The fourth-order valence-corrected chi connectivity index (χ4v) is 3.08. The number of piperidine rings is 1. The highest BCUT2D eigenvalue weighted by atomic mass is 79.9. The zero-order valence-corrected chi connectivity index (χ0v) is 14.1. The summed E-state index contributed by atoms with van der Waals surface area (Å²) in [7, 11) is 0. The Balaban J connectivity index is 1.81. The van der Waals surface area contributed by atoms with Crippen LogP contribution in [-0.4, -0.2) is 23.9 Å². The standard InChI is InChI=1S/C17H19BrN2O2/c1-11-3-2-8-20(10-11)17(21)16-7-6-15(22-16)12-4-5-13(18)14(19)9-12/h4-7,9,11H,2-3,8,10,19H2,1H3/t11-/m1/s1. The second-order valence-electron chi connectivity index (χ2n) is 5.90. The van der Waals surface area contributed by atoms with E-state index in [2.05, 4.69) is 22.9 Å². The summed E-state index contributed by atoms with van der Waals surface area (Å²) in [5, 5.41) is 0. The van der Waals surface area contributed by atoms with E-state index >= 15 is 0 Å². The first-order chi connectivity index (χ1) is 10.5. The van der Waals surface area contributed by atoms with E-state index in [1.165, 1.54) is 6.42 Å². The van der Waals surface area contributed by atoms with Gasteiger partial charge in [-0.3, -0.25) is 4.79 Å². The van der Waals surface area contributed by atoms with Gasteiger partial charge in [0.25, 0.3) is 5.91 Å². The van der Waals surface area contributed by atoms with Gasteiger partial charge in [0, 0.05) is 28.8 Å². The van der Waals surface area contributed by atoms with Crippen molar-refractivity contribution < 1.29 is 9.21 Å². The lowest BCUT2D eigenvalue weighted by Gasteiger charge is -2.30. The Morgan fingerprint density at radius 2 is 2.18 bits per heavy atom. The van der Waals surface area contributed by atoms with Gasteiger partial charge in [0.2, 0.25) is 0 Å². The zero-order valence-electron chi connectivity index (χ0n) is 12.5. The summed E-state index contributed by atoms with van der Waals surface area (Å²) >= 11 is 3.37. The van der Waals surface area contributed by atoms with Crippen LogP contribution in [0.5, 0.6) is 0 Å². The van der Waals surface area contributed by atoms with Crippen LogP contribution >= 0.6 is 15.9 Å². The van der Waals surface area contributed by atoms with Gasteiger partial charge in [-0.1, -0.05) is 6.92 Å². The summed E-state index contributed by atoms with van der Waals surface area (Å²) in [5.41, 5.74) is 7.41. The molecule has 0 bridgehead atoms. The van der Waals surface area contributed by atoms with Gasteiger partial charge in [-0.2, -0.15) is 0 Å². The molecule has 4 nitrogen and oxygen atoms in total. The molecule has 1 amide bonds. The van der Waals surface area contributed by atoms with Crippen molar-refractivity contribution in [2.45, 2.75) is 19.8 Å². The predicted molar refractivity (Wildman–Crippen MR) is 90.6 cm³/mol. The van der Waals surface area contributed by atoms with Gasteiger partial charge in [0.1, 0.15) is 5.76 Å². The number of likely N-dealkylation sites (tertiary alicyclic amines) is 1. The van der Waals surface area contributed by atoms with Crippen LogP contribution in [0, 0.1) is 5.92 Å². The SMILES string of the molecule is C[C@@H]1CCCN(C(=O)c2ccc(-c3ccc(Br)c(N)c3)o2)C1. The van der Waals surface area contributed by atoms with Crippen LogP contribution in [0.1, 0.15) is 30.3 Å². The number of nitrogens with two attached hydrogens (primary N) is 1. The average molecular weight is 363 g/mol. The van der Waals surface area contributed by atoms with Crippen LogP contribution in [0.2, 0.25) is 0 Å². The first-order valence-electron chi connectivity index (χ1n) is 7.49. The van der Waals surface area contributed by atoms with Crippen LogP contribution < -0.4 is 5.73 Å². The molecule has 0 unspecified atom stereocenters. The number of hydrogen-bond donors (Lipinski definition) is 1. The second kappa shape index (κ2) is 6.16. The first kappa shape index (κ1) is 15.2. The Hall–Kier alpha value is -1.75. The van der Waals surface area contributed by atoms with E-state index in [9.17, 15) is 4.79 Å². The predicted octanol–water partition coefficient (Wildman–Crippen LogP) is 4.16. The fourth-order valence-electron chi connectivity index (χ4n) is 2.83. The number of amides is 1. The number of carbonyl (C=O) groups excluding carboxylic acids is 1. The van der Waals surface area contributed by atoms with Crippen molar-refractivity contribution in [3.63, 3.8) is 0 Å². The molecule has 5 heteroatoms. The van der Waals surface area contributed by atoms with Gasteiger partial charge in [-0.05, 0) is 65.0 Å². The van der Waals surface area contributed by atoms with Crippen LogP contribution in [0.3, 0.4) is 0 Å². The maximum atomic E-state index is 12.5. The third-order valence-electron chi connectivity index (χ3n) is 4.04. The maximum absolute atomic E-state index is 12.5. The molecule has 3 rings (SSSR count).